The molecule has 0 saturated carbocycles. The lowest BCUT2D eigenvalue weighted by Gasteiger charge is -2.04. The Labute approximate surface area is 133 Å². The minimum absolute atomic E-state index is 0.0778. The number of rotatable bonds is 4. The first-order valence-electron chi connectivity index (χ1n) is 7.30. The van der Waals surface area contributed by atoms with Crippen LogP contribution in [0.5, 0.6) is 11.5 Å². The van der Waals surface area contributed by atoms with Gasteiger partial charge in [0.15, 0.2) is 5.75 Å². The van der Waals surface area contributed by atoms with Crippen molar-refractivity contribution in [2.24, 2.45) is 5.16 Å². The van der Waals surface area contributed by atoms with Gasteiger partial charge in [0.1, 0.15) is 11.5 Å². The molecule has 3 rings (SSSR count). The Morgan fingerprint density at radius 2 is 2.00 bits per heavy atom. The maximum atomic E-state index is 11.8. The van der Waals surface area contributed by atoms with Crippen LogP contribution in [0.3, 0.4) is 0 Å². The third kappa shape index (κ3) is 3.77. The molecule has 5 heteroatoms. The highest BCUT2D eigenvalue weighted by atomic mass is 16.6. The number of oxime groups is 1. The van der Waals surface area contributed by atoms with Crippen LogP contribution < -0.4 is 10.2 Å². The van der Waals surface area contributed by atoms with Gasteiger partial charge in [-0.15, -0.1) is 0 Å². The molecular formula is C18H16N2O3. The first-order chi connectivity index (χ1) is 11.2. The van der Waals surface area contributed by atoms with Gasteiger partial charge >= 0.3 is 0 Å². The number of carbonyl (C=O) groups excluding carboxylic acids is 1. The van der Waals surface area contributed by atoms with E-state index in [9.17, 15) is 9.90 Å². The van der Waals surface area contributed by atoms with E-state index in [4.69, 9.17) is 4.84 Å². The quantitative estimate of drug-likeness (QED) is 0.518. The van der Waals surface area contributed by atoms with Crippen molar-refractivity contribution in [2.45, 2.75) is 6.42 Å². The van der Waals surface area contributed by atoms with Crippen LogP contribution in [0.2, 0.25) is 0 Å². The molecule has 2 N–H and O–H groups in total. The fraction of sp³-hybridized carbons (Fsp3) is 0.111. The lowest BCUT2D eigenvalue weighted by molar-refractivity contribution is -0.116. The number of hydrogen-bond acceptors (Lipinski definition) is 4. The smallest absolute Gasteiger partial charge is 0.247 e. The first kappa shape index (κ1) is 14.8. The Hall–Kier alpha value is -3.08. The van der Waals surface area contributed by atoms with Gasteiger partial charge in [-0.25, -0.2) is 0 Å². The van der Waals surface area contributed by atoms with Crippen molar-refractivity contribution in [3.63, 3.8) is 0 Å². The molecule has 0 bridgehead atoms. The zero-order chi connectivity index (χ0) is 16.1. The van der Waals surface area contributed by atoms with E-state index in [1.807, 2.05) is 30.3 Å². The highest BCUT2D eigenvalue weighted by Crippen LogP contribution is 2.19. The molecule has 116 valence electrons. The molecule has 1 heterocycles. The molecule has 2 aromatic carbocycles. The second-order valence-corrected chi connectivity index (χ2v) is 5.11. The van der Waals surface area contributed by atoms with Crippen LogP contribution in [0.15, 0.2) is 71.4 Å². The highest BCUT2D eigenvalue weighted by molar-refractivity contribution is 6.12. The van der Waals surface area contributed by atoms with Crippen molar-refractivity contribution < 1.29 is 14.7 Å². The number of amides is 1. The number of benzene rings is 2. The van der Waals surface area contributed by atoms with Crippen molar-refractivity contribution in [1.82, 2.24) is 5.32 Å². The van der Waals surface area contributed by atoms with Gasteiger partial charge in [-0.1, -0.05) is 41.6 Å². The molecule has 0 aromatic heterocycles. The van der Waals surface area contributed by atoms with Crippen LogP contribution in [0.1, 0.15) is 12.0 Å². The number of nitrogens with one attached hydrogen (secondary N) is 1. The summed E-state index contributed by atoms with van der Waals surface area (Å²) in [6.45, 7) is 0.639. The van der Waals surface area contributed by atoms with Gasteiger partial charge in [-0.2, -0.15) is 0 Å². The first-order valence-corrected chi connectivity index (χ1v) is 7.30. The second-order valence-electron chi connectivity index (χ2n) is 5.11. The van der Waals surface area contributed by atoms with Crippen molar-refractivity contribution in [3.05, 3.63) is 71.8 Å². The van der Waals surface area contributed by atoms with Gasteiger partial charge in [-0.3, -0.25) is 4.79 Å². The molecule has 0 aliphatic carbocycles. The van der Waals surface area contributed by atoms with Crippen molar-refractivity contribution >= 4 is 11.6 Å². The summed E-state index contributed by atoms with van der Waals surface area (Å²) in [6, 6.07) is 15.9. The van der Waals surface area contributed by atoms with E-state index < -0.39 is 0 Å². The molecule has 0 spiro atoms. The Balaban J connectivity index is 1.92. The Kier molecular flexibility index (Phi) is 4.38. The standard InChI is InChI=1S/C18H16N2O3/c21-15-7-4-8-16(12-15)23-20-17(13-5-2-1-3-6-13)11-14-9-10-19-18(14)22/h1-8,11-12,21H,9-10H2,(H,19,22)/b14-11+,20-17+. The van der Waals surface area contributed by atoms with Crippen LogP contribution in [-0.4, -0.2) is 23.3 Å². The summed E-state index contributed by atoms with van der Waals surface area (Å²) in [6.07, 6.45) is 2.40. The summed E-state index contributed by atoms with van der Waals surface area (Å²) < 4.78 is 0. The van der Waals surface area contributed by atoms with Crippen molar-refractivity contribution in [1.29, 1.82) is 0 Å². The van der Waals surface area contributed by atoms with Crippen LogP contribution in [0, 0.1) is 0 Å². The number of phenols is 1. The van der Waals surface area contributed by atoms with Crippen LogP contribution in [-0.2, 0) is 4.79 Å². The average molecular weight is 308 g/mol. The van der Waals surface area contributed by atoms with Crippen molar-refractivity contribution in [3.8, 4) is 11.5 Å². The lowest BCUT2D eigenvalue weighted by Crippen LogP contribution is -2.15. The number of hydrogen-bond donors (Lipinski definition) is 2. The number of carbonyl (C=O) groups is 1. The molecule has 2 aromatic rings. The van der Waals surface area contributed by atoms with Gasteiger partial charge in [0.2, 0.25) is 5.91 Å². The second kappa shape index (κ2) is 6.79. The van der Waals surface area contributed by atoms with E-state index >= 15 is 0 Å². The summed E-state index contributed by atoms with van der Waals surface area (Å²) in [5, 5.41) is 16.4. The Morgan fingerprint density at radius 3 is 2.70 bits per heavy atom. The fourth-order valence-corrected chi connectivity index (χ4v) is 2.25. The van der Waals surface area contributed by atoms with E-state index in [0.29, 0.717) is 30.0 Å². The van der Waals surface area contributed by atoms with Gasteiger partial charge in [0.05, 0.1) is 0 Å². The van der Waals surface area contributed by atoms with Gasteiger partial charge < -0.3 is 15.3 Å². The highest BCUT2D eigenvalue weighted by Gasteiger charge is 2.17. The molecule has 23 heavy (non-hydrogen) atoms. The van der Waals surface area contributed by atoms with Crippen LogP contribution >= 0.6 is 0 Å². The van der Waals surface area contributed by atoms with Crippen LogP contribution in [0.25, 0.3) is 0 Å². The summed E-state index contributed by atoms with van der Waals surface area (Å²) in [7, 11) is 0. The molecule has 1 aliphatic rings. The Bertz CT molecular complexity index is 767. The van der Waals surface area contributed by atoms with Gasteiger partial charge in [0, 0.05) is 23.7 Å². The predicted molar refractivity (Wildman–Crippen MR) is 87.4 cm³/mol. The number of aromatic hydroxyl groups is 1. The van der Waals surface area contributed by atoms with E-state index in [1.54, 1.807) is 24.3 Å². The fourth-order valence-electron chi connectivity index (χ4n) is 2.25. The van der Waals surface area contributed by atoms with E-state index in [2.05, 4.69) is 10.5 Å². The maximum Gasteiger partial charge on any atom is 0.247 e. The maximum absolute atomic E-state index is 11.8. The zero-order valence-corrected chi connectivity index (χ0v) is 12.4. The van der Waals surface area contributed by atoms with E-state index in [1.165, 1.54) is 6.07 Å². The SMILES string of the molecule is O=C1NCC/C1=C\C(=N/Oc1cccc(O)c1)c1ccccc1. The Morgan fingerprint density at radius 1 is 1.17 bits per heavy atom. The predicted octanol–water partition coefficient (Wildman–Crippen LogP) is 2.62. The molecule has 1 amide bonds. The van der Waals surface area contributed by atoms with Gasteiger partial charge in [0.25, 0.3) is 0 Å². The average Bonchev–Trinajstić information content (AvgIpc) is 2.97. The van der Waals surface area contributed by atoms with Gasteiger partial charge in [-0.05, 0) is 24.6 Å². The summed E-state index contributed by atoms with van der Waals surface area (Å²) in [5.41, 5.74) is 2.08. The molecule has 0 unspecified atom stereocenters. The van der Waals surface area contributed by atoms with E-state index in [-0.39, 0.29) is 11.7 Å². The summed E-state index contributed by atoms with van der Waals surface area (Å²) >= 11 is 0. The lowest BCUT2D eigenvalue weighted by atomic mass is 10.1. The van der Waals surface area contributed by atoms with Crippen molar-refractivity contribution in [2.75, 3.05) is 6.54 Å². The molecular weight excluding hydrogens is 292 g/mol. The summed E-state index contributed by atoms with van der Waals surface area (Å²) in [5.74, 6) is 0.450. The molecule has 5 nitrogen and oxygen atoms in total. The third-order valence-corrected chi connectivity index (χ3v) is 3.42. The molecule has 1 aliphatic heterocycles. The molecule has 1 saturated heterocycles. The minimum atomic E-state index is -0.0778. The number of phenolic OH excluding ortho intramolecular Hbond substituents is 1. The molecule has 0 atom stereocenters. The largest absolute Gasteiger partial charge is 0.508 e. The van der Waals surface area contributed by atoms with E-state index in [0.717, 1.165) is 5.56 Å². The third-order valence-electron chi connectivity index (χ3n) is 3.42. The molecule has 1 fully saturated rings. The number of nitrogens with zero attached hydrogens (tertiary/aromatic N) is 1. The zero-order valence-electron chi connectivity index (χ0n) is 12.4. The summed E-state index contributed by atoms with van der Waals surface area (Å²) in [4.78, 5) is 17.2. The van der Waals surface area contributed by atoms with Crippen LogP contribution in [0.4, 0.5) is 0 Å². The normalized spacial score (nSPS) is 16.4. The monoisotopic (exact) mass is 308 g/mol. The molecule has 0 radical (unpaired) electrons. The minimum Gasteiger partial charge on any atom is -0.508 e. The topological polar surface area (TPSA) is 70.9 Å². The number of allylic oxidation sites excluding steroid dienone is 1.